The Morgan fingerprint density at radius 2 is 0.564 bits per heavy atom. The van der Waals surface area contributed by atoms with Crippen molar-refractivity contribution in [3.8, 4) is 68.3 Å². The number of hydrogen-bond acceptors (Lipinski definition) is 8. The Hall–Kier alpha value is -7.86. The van der Waals surface area contributed by atoms with Crippen molar-refractivity contribution in [2.45, 2.75) is 157 Å². The molecule has 0 N–H and O–H groups in total. The summed E-state index contributed by atoms with van der Waals surface area (Å²) in [4.78, 5) is 40.9. The van der Waals surface area contributed by atoms with E-state index < -0.39 is 0 Å². The van der Waals surface area contributed by atoms with Gasteiger partial charge < -0.3 is 18.3 Å². The third kappa shape index (κ3) is 11.1. The molecule has 11 aromatic rings. The summed E-state index contributed by atoms with van der Waals surface area (Å²) in [5.41, 5.74) is 15.7. The van der Waals surface area contributed by atoms with Crippen molar-refractivity contribution in [2.24, 2.45) is 0 Å². The van der Waals surface area contributed by atoms with Crippen LogP contribution < -0.4 is 0 Å². The maximum absolute atomic E-state index is 5.41. The molecule has 3 aromatic carbocycles. The molecule has 0 aliphatic carbocycles. The number of unbranched alkanes of at least 4 members (excludes halogenated alkanes) is 12. The predicted octanol–water partition coefficient (Wildman–Crippen LogP) is 17.0. The van der Waals surface area contributed by atoms with Crippen LogP contribution in [0.15, 0.2) is 134 Å². The highest BCUT2D eigenvalue weighted by Gasteiger charge is 2.21. The van der Waals surface area contributed by atoms with Crippen molar-refractivity contribution >= 4 is 44.1 Å². The van der Waals surface area contributed by atoms with Crippen molar-refractivity contribution in [2.75, 3.05) is 0 Å². The zero-order valence-electron chi connectivity index (χ0n) is 46.2. The summed E-state index contributed by atoms with van der Waals surface area (Å²) in [5, 5.41) is 0. The fourth-order valence-corrected chi connectivity index (χ4v) is 11.2. The third-order valence-electron chi connectivity index (χ3n) is 15.5. The van der Waals surface area contributed by atoms with E-state index in [9.17, 15) is 0 Å². The molecule has 0 saturated carbocycles. The molecular formula is C66H74N12. The van der Waals surface area contributed by atoms with Crippen LogP contribution in [0.1, 0.15) is 130 Å². The second-order valence-electron chi connectivity index (χ2n) is 21.1. The first-order chi connectivity index (χ1) is 38.5. The summed E-state index contributed by atoms with van der Waals surface area (Å²) in [5.74, 6) is 3.77. The lowest BCUT2D eigenvalue weighted by atomic mass is 10.1. The minimum atomic E-state index is 0.821. The van der Waals surface area contributed by atoms with Gasteiger partial charge in [-0.25, -0.2) is 19.9 Å². The zero-order chi connectivity index (χ0) is 53.2. The number of benzene rings is 3. The molecule has 12 nitrogen and oxygen atoms in total. The first-order valence-corrected chi connectivity index (χ1v) is 29.2. The number of aromatic nitrogens is 12. The molecule has 8 aromatic heterocycles. The second-order valence-corrected chi connectivity index (χ2v) is 21.1. The van der Waals surface area contributed by atoms with Crippen molar-refractivity contribution in [3.05, 3.63) is 134 Å². The van der Waals surface area contributed by atoms with Crippen molar-refractivity contribution in [1.82, 2.24) is 58.1 Å². The molecule has 0 fully saturated rings. The van der Waals surface area contributed by atoms with Crippen molar-refractivity contribution in [3.63, 3.8) is 0 Å². The number of para-hydroxylation sites is 4. The van der Waals surface area contributed by atoms with Gasteiger partial charge in [-0.3, -0.25) is 19.9 Å². The first kappa shape index (κ1) is 52.2. The maximum atomic E-state index is 5.41. The first-order valence-electron chi connectivity index (χ1n) is 29.2. The van der Waals surface area contributed by atoms with Crippen LogP contribution in [0.25, 0.3) is 112 Å². The van der Waals surface area contributed by atoms with Crippen LogP contribution in [0.2, 0.25) is 0 Å². The topological polar surface area (TPSA) is 123 Å². The third-order valence-corrected chi connectivity index (χ3v) is 15.5. The van der Waals surface area contributed by atoms with Gasteiger partial charge in [-0.1, -0.05) is 129 Å². The van der Waals surface area contributed by atoms with E-state index in [0.29, 0.717) is 0 Å². The molecule has 12 heteroatoms. The molecule has 398 valence electrons. The molecule has 0 bridgehead atoms. The van der Waals surface area contributed by atoms with E-state index in [4.69, 9.17) is 39.9 Å². The van der Waals surface area contributed by atoms with Crippen LogP contribution in [0.3, 0.4) is 0 Å². The molecule has 11 rings (SSSR count). The van der Waals surface area contributed by atoms with E-state index in [1.807, 2.05) is 24.8 Å². The van der Waals surface area contributed by atoms with Gasteiger partial charge in [0.05, 0.1) is 66.9 Å². The largest absolute Gasteiger partial charge is 0.324 e. The highest BCUT2D eigenvalue weighted by Crippen LogP contribution is 2.35. The lowest BCUT2D eigenvalue weighted by Gasteiger charge is -2.11. The number of rotatable bonds is 26. The van der Waals surface area contributed by atoms with Gasteiger partial charge in [0.2, 0.25) is 0 Å². The highest BCUT2D eigenvalue weighted by atomic mass is 15.1. The van der Waals surface area contributed by atoms with Gasteiger partial charge in [-0.15, -0.1) is 0 Å². The average molecular weight is 1040 g/mol. The lowest BCUT2D eigenvalue weighted by molar-refractivity contribution is 0.594. The minimum absolute atomic E-state index is 0.821. The number of nitrogens with zero attached hydrogens (tertiary/aromatic N) is 12. The van der Waals surface area contributed by atoms with Crippen LogP contribution in [-0.4, -0.2) is 58.1 Å². The highest BCUT2D eigenvalue weighted by molar-refractivity contribution is 5.95. The molecule has 0 amide bonds. The lowest BCUT2D eigenvalue weighted by Crippen LogP contribution is -2.02. The average Bonchev–Trinajstić information content (AvgIpc) is 4.42. The SMILES string of the molecule is CCCCCCn1c(-c2ccc(-c3ccc(-c4nc5cc6c(cc5n4CCCCCC)nc(-c4ccc(-c5ccc(-c7nc8ccccc8n7CCCCCC)cn5)nc4)n6CCCCCC)cn3)nc2)nc2ccccc21. The van der Waals surface area contributed by atoms with E-state index in [-0.39, 0.29) is 0 Å². The van der Waals surface area contributed by atoms with Crippen LogP contribution in [-0.2, 0) is 26.2 Å². The van der Waals surface area contributed by atoms with Gasteiger partial charge in [-0.05, 0) is 111 Å². The molecule has 8 heterocycles. The Kier molecular flexibility index (Phi) is 16.5. The summed E-state index contributed by atoms with van der Waals surface area (Å²) < 4.78 is 9.50. The maximum Gasteiger partial charge on any atom is 0.142 e. The Bertz CT molecular complexity index is 3480. The Balaban J connectivity index is 0.873. The minimum Gasteiger partial charge on any atom is -0.324 e. The standard InChI is InChI=1S/C66H74N12/c1-5-9-13-21-37-75-59-27-19-17-25-55(59)71-63(75)47-29-33-51(67-43-47)53-35-31-49(45-69-53)65-73-57-41-62-58(42-61(57)77(65)39-23-15-11-7-3)74-66(78(62)40-24-16-12-8-4)50-32-36-54(70-46-50)52-34-30-48(44-68-52)64-72-56-26-18-20-28-60(56)76(64)38-22-14-10-6-2/h17-20,25-36,41-46H,5-16,21-24,37-40H2,1-4H3. The van der Waals surface area contributed by atoms with E-state index in [1.54, 1.807) is 0 Å². The van der Waals surface area contributed by atoms with Crippen molar-refractivity contribution < 1.29 is 0 Å². The number of fused-ring (bicyclic) bond motifs is 4. The summed E-state index contributed by atoms with van der Waals surface area (Å²) >= 11 is 0. The molecule has 0 aliphatic heterocycles. The van der Waals surface area contributed by atoms with Crippen LogP contribution in [0.4, 0.5) is 0 Å². The molecule has 0 atom stereocenters. The van der Waals surface area contributed by atoms with E-state index >= 15 is 0 Å². The van der Waals surface area contributed by atoms with Gasteiger partial charge in [0.15, 0.2) is 0 Å². The van der Waals surface area contributed by atoms with Gasteiger partial charge in [0.1, 0.15) is 23.3 Å². The van der Waals surface area contributed by atoms with Crippen LogP contribution in [0.5, 0.6) is 0 Å². The van der Waals surface area contributed by atoms with E-state index in [0.717, 1.165) is 166 Å². The summed E-state index contributed by atoms with van der Waals surface area (Å²) in [6.07, 6.45) is 26.6. The molecular weight excluding hydrogens is 961 g/mol. The second kappa shape index (κ2) is 24.6. The molecule has 0 saturated heterocycles. The fourth-order valence-electron chi connectivity index (χ4n) is 11.2. The zero-order valence-corrected chi connectivity index (χ0v) is 46.2. The number of hydrogen-bond donors (Lipinski definition) is 0. The fraction of sp³-hybridized carbons (Fsp3) is 0.364. The predicted molar refractivity (Wildman–Crippen MR) is 320 cm³/mol. The van der Waals surface area contributed by atoms with Crippen molar-refractivity contribution in [1.29, 1.82) is 0 Å². The van der Waals surface area contributed by atoms with Gasteiger partial charge in [0.25, 0.3) is 0 Å². The van der Waals surface area contributed by atoms with Gasteiger partial charge in [-0.2, -0.15) is 0 Å². The van der Waals surface area contributed by atoms with Crippen LogP contribution in [0, 0.1) is 0 Å². The summed E-state index contributed by atoms with van der Waals surface area (Å²) in [6, 6.07) is 38.2. The molecule has 78 heavy (non-hydrogen) atoms. The molecule has 0 unspecified atom stereocenters. The summed E-state index contributed by atoms with van der Waals surface area (Å²) in [6.45, 7) is 12.6. The summed E-state index contributed by atoms with van der Waals surface area (Å²) in [7, 11) is 0. The molecule has 0 spiro atoms. The number of imidazole rings is 4. The quantitative estimate of drug-likeness (QED) is 0.0491. The van der Waals surface area contributed by atoms with E-state index in [1.165, 1.54) is 75.2 Å². The number of aryl methyl sites for hydroxylation is 4. The Labute approximate surface area is 459 Å². The number of pyridine rings is 4. The molecule has 0 radical (unpaired) electrons. The molecule has 0 aliphatic rings. The monoisotopic (exact) mass is 1030 g/mol. The van der Waals surface area contributed by atoms with E-state index in [2.05, 4.69) is 155 Å². The smallest absolute Gasteiger partial charge is 0.142 e. The van der Waals surface area contributed by atoms with Gasteiger partial charge >= 0.3 is 0 Å². The Morgan fingerprint density at radius 3 is 0.846 bits per heavy atom. The van der Waals surface area contributed by atoms with Gasteiger partial charge in [0, 0.05) is 73.2 Å². The van der Waals surface area contributed by atoms with Crippen LogP contribution >= 0.6 is 0 Å². The normalized spacial score (nSPS) is 11.8. The Morgan fingerprint density at radius 1 is 0.282 bits per heavy atom.